The Bertz CT molecular complexity index is 138. The third-order valence-corrected chi connectivity index (χ3v) is 3.87. The topological polar surface area (TPSA) is 20.2 Å². The van der Waals surface area contributed by atoms with Crippen molar-refractivity contribution in [1.82, 2.24) is 0 Å². The molecule has 1 N–H and O–H groups in total. The zero-order chi connectivity index (χ0) is 8.15. The lowest BCUT2D eigenvalue weighted by Gasteiger charge is -2.02. The second-order valence-electron chi connectivity index (χ2n) is 3.56. The summed E-state index contributed by atoms with van der Waals surface area (Å²) in [5.41, 5.74) is -0.135. The predicted octanol–water partition coefficient (Wildman–Crippen LogP) is 2.20. The molecule has 0 bridgehead atoms. The van der Waals surface area contributed by atoms with Gasteiger partial charge in [-0.1, -0.05) is 13.8 Å². The van der Waals surface area contributed by atoms with Crippen molar-refractivity contribution >= 4 is 23.2 Å². The first kappa shape index (κ1) is 8.63. The van der Waals surface area contributed by atoms with Crippen LogP contribution in [0.5, 0.6) is 0 Å². The first-order chi connectivity index (χ1) is 4.32. The van der Waals surface area contributed by atoms with Gasteiger partial charge < -0.3 is 5.11 Å². The minimum absolute atomic E-state index is 0.0170. The molecule has 0 aliphatic heterocycles. The Kier molecular flexibility index (Phi) is 1.75. The molecule has 0 spiro atoms. The van der Waals surface area contributed by atoms with Gasteiger partial charge in [0, 0.05) is 11.3 Å². The molecule has 1 rings (SSSR count). The average molecular weight is 183 g/mol. The normalized spacial score (nSPS) is 37.2. The van der Waals surface area contributed by atoms with Crippen LogP contribution in [0.15, 0.2) is 0 Å². The molecule has 1 saturated carbocycles. The zero-order valence-corrected chi connectivity index (χ0v) is 7.87. The van der Waals surface area contributed by atoms with Crippen molar-refractivity contribution in [2.45, 2.75) is 31.2 Å². The third kappa shape index (κ3) is 0.876. The quantitative estimate of drug-likeness (QED) is 0.618. The van der Waals surface area contributed by atoms with E-state index in [9.17, 15) is 5.11 Å². The Balaban J connectivity index is 2.72. The molecule has 0 aromatic carbocycles. The Hall–Kier alpha value is 0.540. The van der Waals surface area contributed by atoms with Gasteiger partial charge in [-0.2, -0.15) is 0 Å². The maximum Gasteiger partial charge on any atom is 0.129 e. The summed E-state index contributed by atoms with van der Waals surface area (Å²) < 4.78 is -0.721. The van der Waals surface area contributed by atoms with E-state index in [4.69, 9.17) is 23.2 Å². The van der Waals surface area contributed by atoms with Gasteiger partial charge in [-0.3, -0.25) is 0 Å². The van der Waals surface area contributed by atoms with Crippen molar-refractivity contribution in [3.05, 3.63) is 0 Å². The van der Waals surface area contributed by atoms with Crippen LogP contribution in [-0.2, 0) is 0 Å². The maximum absolute atomic E-state index is 9.19. The van der Waals surface area contributed by atoms with E-state index < -0.39 is 10.4 Å². The lowest BCUT2D eigenvalue weighted by Crippen LogP contribution is -2.08. The lowest BCUT2D eigenvalue weighted by atomic mass is 10.1. The van der Waals surface area contributed by atoms with Crippen LogP contribution in [0.1, 0.15) is 20.8 Å². The standard InChI is InChI=1S/C7H12Cl2O/c1-4(10)5-6(2,3)7(5,8)9/h4-5,10H,1-3H3/t4-,5+/m1/s1. The van der Waals surface area contributed by atoms with E-state index in [-0.39, 0.29) is 11.3 Å². The second-order valence-corrected chi connectivity index (χ2v) is 4.95. The van der Waals surface area contributed by atoms with Gasteiger partial charge in [-0.05, 0) is 6.92 Å². The van der Waals surface area contributed by atoms with Gasteiger partial charge in [0.2, 0.25) is 0 Å². The van der Waals surface area contributed by atoms with Crippen LogP contribution in [-0.4, -0.2) is 15.5 Å². The molecule has 2 atom stereocenters. The summed E-state index contributed by atoms with van der Waals surface area (Å²) in [6, 6.07) is 0. The number of alkyl halides is 2. The fourth-order valence-corrected chi connectivity index (χ4v) is 2.64. The van der Waals surface area contributed by atoms with Crippen molar-refractivity contribution < 1.29 is 5.11 Å². The van der Waals surface area contributed by atoms with E-state index in [1.165, 1.54) is 0 Å². The highest BCUT2D eigenvalue weighted by Crippen LogP contribution is 2.69. The highest BCUT2D eigenvalue weighted by molar-refractivity contribution is 6.51. The SMILES string of the molecule is C[C@@H](O)[C@H]1C(C)(C)C1(Cl)Cl. The van der Waals surface area contributed by atoms with Crippen LogP contribution in [0.2, 0.25) is 0 Å². The van der Waals surface area contributed by atoms with E-state index in [1.54, 1.807) is 6.92 Å². The Morgan fingerprint density at radius 2 is 1.70 bits per heavy atom. The number of hydrogen-bond donors (Lipinski definition) is 1. The summed E-state index contributed by atoms with van der Waals surface area (Å²) in [6.07, 6.45) is -0.412. The molecule has 0 amide bonds. The molecule has 1 aliphatic carbocycles. The van der Waals surface area contributed by atoms with Gasteiger partial charge in [-0.15, -0.1) is 23.2 Å². The molecule has 1 fully saturated rings. The highest BCUT2D eigenvalue weighted by Gasteiger charge is 2.71. The molecule has 1 nitrogen and oxygen atoms in total. The summed E-state index contributed by atoms with van der Waals surface area (Å²) in [5, 5.41) is 9.19. The van der Waals surface area contributed by atoms with Gasteiger partial charge in [0.1, 0.15) is 4.33 Å². The van der Waals surface area contributed by atoms with Gasteiger partial charge in [0.25, 0.3) is 0 Å². The van der Waals surface area contributed by atoms with Gasteiger partial charge in [0.15, 0.2) is 0 Å². The molecule has 1 aliphatic rings. The van der Waals surface area contributed by atoms with Crippen LogP contribution in [0.4, 0.5) is 0 Å². The van der Waals surface area contributed by atoms with Crippen molar-refractivity contribution in [1.29, 1.82) is 0 Å². The lowest BCUT2D eigenvalue weighted by molar-refractivity contribution is 0.155. The molecule has 0 heterocycles. The largest absolute Gasteiger partial charge is 0.393 e. The molecule has 0 saturated heterocycles. The van der Waals surface area contributed by atoms with Crippen molar-refractivity contribution in [3.8, 4) is 0 Å². The van der Waals surface area contributed by atoms with Crippen LogP contribution < -0.4 is 0 Å². The molecule has 0 aromatic rings. The number of hydrogen-bond acceptors (Lipinski definition) is 1. The summed E-state index contributed by atoms with van der Waals surface area (Å²) in [5.74, 6) is 0.0170. The van der Waals surface area contributed by atoms with Crippen molar-refractivity contribution in [2.75, 3.05) is 0 Å². The average Bonchev–Trinajstić information content (AvgIpc) is 1.97. The van der Waals surface area contributed by atoms with E-state index >= 15 is 0 Å². The van der Waals surface area contributed by atoms with Crippen LogP contribution in [0.3, 0.4) is 0 Å². The first-order valence-corrected chi connectivity index (χ1v) is 4.13. The fraction of sp³-hybridized carbons (Fsp3) is 1.00. The molecule has 0 aromatic heterocycles. The fourth-order valence-electron chi connectivity index (χ4n) is 1.60. The number of halogens is 2. The van der Waals surface area contributed by atoms with Crippen LogP contribution in [0.25, 0.3) is 0 Å². The Labute approximate surface area is 71.3 Å². The summed E-state index contributed by atoms with van der Waals surface area (Å²) in [6.45, 7) is 5.65. The van der Waals surface area contributed by atoms with Crippen LogP contribution >= 0.6 is 23.2 Å². The molecule has 0 radical (unpaired) electrons. The van der Waals surface area contributed by atoms with E-state index in [0.717, 1.165) is 0 Å². The first-order valence-electron chi connectivity index (χ1n) is 3.37. The third-order valence-electron chi connectivity index (χ3n) is 2.43. The Morgan fingerprint density at radius 1 is 1.40 bits per heavy atom. The van der Waals surface area contributed by atoms with E-state index in [1.807, 2.05) is 13.8 Å². The highest BCUT2D eigenvalue weighted by atomic mass is 35.5. The minimum Gasteiger partial charge on any atom is -0.393 e. The smallest absolute Gasteiger partial charge is 0.129 e. The predicted molar refractivity (Wildman–Crippen MR) is 43.4 cm³/mol. The summed E-state index contributed by atoms with van der Waals surface area (Å²) in [4.78, 5) is 0. The molecular weight excluding hydrogens is 171 g/mol. The molecule has 3 heteroatoms. The van der Waals surface area contributed by atoms with E-state index in [0.29, 0.717) is 0 Å². The second kappa shape index (κ2) is 2.02. The van der Waals surface area contributed by atoms with E-state index in [2.05, 4.69) is 0 Å². The van der Waals surface area contributed by atoms with Gasteiger partial charge >= 0.3 is 0 Å². The molecule has 60 valence electrons. The summed E-state index contributed by atoms with van der Waals surface area (Å²) >= 11 is 11.8. The molecule has 0 unspecified atom stereocenters. The number of aliphatic hydroxyl groups is 1. The summed E-state index contributed by atoms with van der Waals surface area (Å²) in [7, 11) is 0. The van der Waals surface area contributed by atoms with Crippen LogP contribution in [0, 0.1) is 11.3 Å². The maximum atomic E-state index is 9.19. The van der Waals surface area contributed by atoms with Gasteiger partial charge in [0.05, 0.1) is 6.10 Å². The zero-order valence-electron chi connectivity index (χ0n) is 6.36. The van der Waals surface area contributed by atoms with Crippen molar-refractivity contribution in [3.63, 3.8) is 0 Å². The van der Waals surface area contributed by atoms with Crippen molar-refractivity contribution in [2.24, 2.45) is 11.3 Å². The Morgan fingerprint density at radius 3 is 1.70 bits per heavy atom. The number of rotatable bonds is 1. The molecular formula is C7H12Cl2O. The molecule has 10 heavy (non-hydrogen) atoms. The minimum atomic E-state index is -0.721. The van der Waals surface area contributed by atoms with Gasteiger partial charge in [-0.25, -0.2) is 0 Å². The monoisotopic (exact) mass is 182 g/mol. The number of aliphatic hydroxyl groups excluding tert-OH is 1.